The maximum absolute atomic E-state index is 13.6. The van der Waals surface area contributed by atoms with Crippen LogP contribution in [0, 0.1) is 11.3 Å². The Balaban J connectivity index is 1.53. The molecule has 41 heavy (non-hydrogen) atoms. The van der Waals surface area contributed by atoms with E-state index in [1.807, 2.05) is 25.1 Å². The molecular weight excluding hydrogens is 555 g/mol. The molecule has 0 radical (unpaired) electrons. The number of anilines is 2. The van der Waals surface area contributed by atoms with Crippen molar-refractivity contribution in [2.45, 2.75) is 51.7 Å². The first-order valence-corrected chi connectivity index (χ1v) is 13.8. The smallest absolute Gasteiger partial charge is 0.417 e. The topological polar surface area (TPSA) is 91.1 Å². The van der Waals surface area contributed by atoms with E-state index in [1.54, 1.807) is 24.8 Å². The second kappa shape index (κ2) is 11.7. The Bertz CT molecular complexity index is 1400. The molecule has 2 heterocycles. The number of rotatable bonds is 7. The Labute approximate surface area is 242 Å². The summed E-state index contributed by atoms with van der Waals surface area (Å²) in [5.74, 6) is -0.467. The summed E-state index contributed by atoms with van der Waals surface area (Å²) in [7, 11) is 0. The molecule has 4 rings (SSSR count). The Morgan fingerprint density at radius 1 is 1.07 bits per heavy atom. The average Bonchev–Trinajstić information content (AvgIpc) is 3.11. The number of carbonyl (C=O) groups excluding carboxylic acids is 1. The van der Waals surface area contributed by atoms with Crippen LogP contribution in [0.4, 0.5) is 29.3 Å². The molecule has 2 aliphatic rings. The predicted octanol–water partition coefficient (Wildman–Crippen LogP) is 5.28. The Kier molecular flexibility index (Phi) is 8.61. The quantitative estimate of drug-likeness (QED) is 0.441. The summed E-state index contributed by atoms with van der Waals surface area (Å²) < 4.78 is 40.9. The van der Waals surface area contributed by atoms with Crippen LogP contribution in [-0.4, -0.2) is 70.3 Å². The van der Waals surface area contributed by atoms with Crippen LogP contribution in [0.25, 0.3) is 0 Å². The summed E-state index contributed by atoms with van der Waals surface area (Å²) in [6.45, 7) is 8.68. The lowest BCUT2D eigenvalue weighted by molar-refractivity contribution is -0.137. The van der Waals surface area contributed by atoms with Gasteiger partial charge in [-0.1, -0.05) is 13.0 Å². The molecule has 0 saturated carbocycles. The van der Waals surface area contributed by atoms with Crippen molar-refractivity contribution >= 4 is 40.7 Å². The molecule has 8 nitrogen and oxygen atoms in total. The lowest BCUT2D eigenvalue weighted by atomic mass is 9.97. The normalized spacial score (nSPS) is 17.7. The minimum absolute atomic E-state index is 0.0431. The Morgan fingerprint density at radius 3 is 2.32 bits per heavy atom. The molecule has 2 amide bonds. The molecule has 0 aromatic heterocycles. The van der Waals surface area contributed by atoms with Crippen molar-refractivity contribution in [3.63, 3.8) is 0 Å². The van der Waals surface area contributed by atoms with Crippen molar-refractivity contribution in [1.29, 1.82) is 5.26 Å². The molecule has 2 aromatic rings. The number of piperazine rings is 1. The Hall–Kier alpha value is -3.69. The number of alkyl halides is 3. The van der Waals surface area contributed by atoms with E-state index in [2.05, 4.69) is 4.90 Å². The van der Waals surface area contributed by atoms with E-state index in [4.69, 9.17) is 22.6 Å². The predicted molar refractivity (Wildman–Crippen MR) is 153 cm³/mol. The van der Waals surface area contributed by atoms with Gasteiger partial charge < -0.3 is 14.9 Å². The van der Waals surface area contributed by atoms with Crippen LogP contribution in [-0.2, 0) is 23.8 Å². The van der Waals surface area contributed by atoms with Gasteiger partial charge in [-0.2, -0.15) is 18.4 Å². The lowest BCUT2D eigenvalue weighted by Crippen LogP contribution is -2.48. The van der Waals surface area contributed by atoms with Crippen molar-refractivity contribution < 1.29 is 27.9 Å². The van der Waals surface area contributed by atoms with Gasteiger partial charge in [0, 0.05) is 31.9 Å². The van der Waals surface area contributed by atoms with E-state index in [9.17, 15) is 22.8 Å². The van der Waals surface area contributed by atoms with Crippen LogP contribution in [0.3, 0.4) is 0 Å². The summed E-state index contributed by atoms with van der Waals surface area (Å²) >= 11 is 5.67. The molecular formula is C29H32F3N5O3S. The largest absolute Gasteiger partial charge is 0.465 e. The number of nitriles is 1. The molecule has 2 aromatic carbocycles. The van der Waals surface area contributed by atoms with Crippen LogP contribution < -0.4 is 9.80 Å². The van der Waals surface area contributed by atoms with Crippen molar-refractivity contribution in [1.82, 2.24) is 9.80 Å². The van der Waals surface area contributed by atoms with Gasteiger partial charge in [0.05, 0.1) is 22.9 Å². The van der Waals surface area contributed by atoms with Crippen LogP contribution in [0.5, 0.6) is 0 Å². The van der Waals surface area contributed by atoms with Gasteiger partial charge in [-0.3, -0.25) is 14.6 Å². The highest BCUT2D eigenvalue weighted by molar-refractivity contribution is 7.81. The van der Waals surface area contributed by atoms with Gasteiger partial charge >= 0.3 is 12.3 Å². The van der Waals surface area contributed by atoms with E-state index in [0.29, 0.717) is 31.9 Å². The van der Waals surface area contributed by atoms with E-state index < -0.39 is 34.8 Å². The first-order valence-electron chi connectivity index (χ1n) is 13.4. The van der Waals surface area contributed by atoms with Crippen molar-refractivity contribution in [3.8, 4) is 6.07 Å². The number of hydrogen-bond acceptors (Lipinski definition) is 5. The van der Waals surface area contributed by atoms with Gasteiger partial charge in [0.2, 0.25) is 0 Å². The third kappa shape index (κ3) is 6.01. The number of hydrogen-bond donors (Lipinski definition) is 1. The Morgan fingerprint density at radius 2 is 1.73 bits per heavy atom. The third-order valence-electron chi connectivity index (χ3n) is 7.75. The van der Waals surface area contributed by atoms with Gasteiger partial charge in [-0.15, -0.1) is 0 Å². The number of thiocarbonyl (C=S) groups is 1. The maximum atomic E-state index is 13.6. The molecule has 2 fully saturated rings. The van der Waals surface area contributed by atoms with Crippen molar-refractivity contribution in [2.24, 2.45) is 0 Å². The highest BCUT2D eigenvalue weighted by Crippen LogP contribution is 2.40. The minimum Gasteiger partial charge on any atom is -0.465 e. The standard InChI is InChI=1S/C29H32F3N5O3S/c1-4-19-16-23(10-7-20(19)6-5-11-34-12-14-35(15-13-34)27(39)40)37-26(41)36(25(38)28(37,2)3)22-9-8-21(18-33)24(17-22)29(30,31)32/h7-10,16-17H,4-6,11-15H2,1-3H3,(H,39,40). The molecule has 2 saturated heterocycles. The zero-order valence-electron chi connectivity index (χ0n) is 23.2. The minimum atomic E-state index is -4.76. The van der Waals surface area contributed by atoms with E-state index >= 15 is 0 Å². The van der Waals surface area contributed by atoms with Gasteiger partial charge in [0.1, 0.15) is 5.54 Å². The third-order valence-corrected chi connectivity index (χ3v) is 8.11. The van der Waals surface area contributed by atoms with Gasteiger partial charge in [0.15, 0.2) is 5.11 Å². The second-order valence-electron chi connectivity index (χ2n) is 10.7. The zero-order valence-corrected chi connectivity index (χ0v) is 24.0. The van der Waals surface area contributed by atoms with Crippen molar-refractivity contribution in [2.75, 3.05) is 42.5 Å². The molecule has 12 heteroatoms. The summed E-state index contributed by atoms with van der Waals surface area (Å²) in [6.07, 6.45) is -3.18. The van der Waals surface area contributed by atoms with E-state index in [1.165, 1.54) is 11.0 Å². The number of halogens is 3. The number of amides is 2. The number of benzene rings is 2. The van der Waals surface area contributed by atoms with Crippen LogP contribution in [0.2, 0.25) is 0 Å². The number of carbonyl (C=O) groups is 2. The molecule has 0 spiro atoms. The highest BCUT2D eigenvalue weighted by Gasteiger charge is 2.50. The van der Waals surface area contributed by atoms with E-state index in [0.717, 1.165) is 54.0 Å². The summed E-state index contributed by atoms with van der Waals surface area (Å²) in [5.41, 5.74) is 0.0677. The van der Waals surface area contributed by atoms with Crippen LogP contribution >= 0.6 is 12.2 Å². The second-order valence-corrected chi connectivity index (χ2v) is 11.0. The molecule has 0 bridgehead atoms. The number of aryl methyl sites for hydroxylation is 2. The van der Waals surface area contributed by atoms with Crippen molar-refractivity contribution in [3.05, 3.63) is 58.7 Å². The molecule has 0 aliphatic carbocycles. The van der Waals surface area contributed by atoms with E-state index in [-0.39, 0.29) is 10.8 Å². The molecule has 1 N–H and O–H groups in total. The lowest BCUT2D eigenvalue weighted by Gasteiger charge is -2.33. The fraction of sp³-hybridized carbons (Fsp3) is 0.448. The summed E-state index contributed by atoms with van der Waals surface area (Å²) in [6, 6.07) is 10.6. The highest BCUT2D eigenvalue weighted by atomic mass is 32.1. The first-order chi connectivity index (χ1) is 19.3. The number of nitrogens with zero attached hydrogens (tertiary/aromatic N) is 5. The summed E-state index contributed by atoms with van der Waals surface area (Å²) in [5, 5.41) is 18.3. The zero-order chi connectivity index (χ0) is 30.1. The average molecular weight is 588 g/mol. The molecule has 218 valence electrons. The van der Waals surface area contributed by atoms with Crippen LogP contribution in [0.15, 0.2) is 36.4 Å². The fourth-order valence-corrected chi connectivity index (χ4v) is 5.96. The fourth-order valence-electron chi connectivity index (χ4n) is 5.44. The number of carboxylic acid groups (broad SMARTS) is 1. The monoisotopic (exact) mass is 587 g/mol. The first kappa shape index (κ1) is 30.3. The SMILES string of the molecule is CCc1cc(N2C(=S)N(c3ccc(C#N)c(C(F)(F)F)c3)C(=O)C2(C)C)ccc1CCCN1CCN(C(=O)O)CC1. The van der Waals surface area contributed by atoms with Gasteiger partial charge in [0.25, 0.3) is 5.91 Å². The molecule has 0 unspecified atom stereocenters. The molecule has 0 atom stereocenters. The van der Waals surface area contributed by atoms with Gasteiger partial charge in [-0.05, 0) is 93.3 Å². The summed E-state index contributed by atoms with van der Waals surface area (Å²) in [4.78, 5) is 31.1. The van der Waals surface area contributed by atoms with Gasteiger partial charge in [-0.25, -0.2) is 4.79 Å². The maximum Gasteiger partial charge on any atom is 0.417 e. The van der Waals surface area contributed by atoms with Crippen LogP contribution in [0.1, 0.15) is 49.4 Å². The molecule has 2 aliphatic heterocycles.